The second kappa shape index (κ2) is 6.58. The van der Waals surface area contributed by atoms with Gasteiger partial charge in [-0.05, 0) is 62.9 Å². The molecule has 2 saturated carbocycles. The highest BCUT2D eigenvalue weighted by molar-refractivity contribution is 4.85. The molecule has 1 unspecified atom stereocenters. The lowest BCUT2D eigenvalue weighted by Crippen LogP contribution is -2.32. The monoisotopic (exact) mass is 264 g/mol. The Morgan fingerprint density at radius 1 is 0.895 bits per heavy atom. The van der Waals surface area contributed by atoms with Crippen LogP contribution in [0.15, 0.2) is 0 Å². The van der Waals surface area contributed by atoms with Crippen molar-refractivity contribution in [2.45, 2.75) is 64.3 Å². The predicted octanol–water partition coefficient (Wildman–Crippen LogP) is 3.28. The van der Waals surface area contributed by atoms with Crippen molar-refractivity contribution in [2.24, 2.45) is 17.8 Å². The summed E-state index contributed by atoms with van der Waals surface area (Å²) in [5.41, 5.74) is 0. The van der Waals surface area contributed by atoms with Gasteiger partial charge in [-0.2, -0.15) is 0 Å². The summed E-state index contributed by atoms with van der Waals surface area (Å²) in [5, 5.41) is 3.71. The van der Waals surface area contributed by atoms with Crippen LogP contribution in [0.2, 0.25) is 0 Å². The second-order valence-corrected chi connectivity index (χ2v) is 7.39. The molecule has 0 aromatic rings. The smallest absolute Gasteiger partial charge is 0.00683 e. The standard InChI is InChI=1S/C17H32N2/c1-2-14-3-5-15(6-4-14)12-19-10-9-16(13-19)11-18-17-7-8-17/h14-18H,2-13H2,1H3. The molecule has 19 heavy (non-hydrogen) atoms. The maximum absolute atomic E-state index is 3.71. The van der Waals surface area contributed by atoms with Gasteiger partial charge in [-0.1, -0.05) is 26.2 Å². The van der Waals surface area contributed by atoms with E-state index in [9.17, 15) is 0 Å². The average Bonchev–Trinajstić information content (AvgIpc) is 3.17. The van der Waals surface area contributed by atoms with Crippen molar-refractivity contribution >= 4 is 0 Å². The van der Waals surface area contributed by atoms with Gasteiger partial charge in [0.15, 0.2) is 0 Å². The van der Waals surface area contributed by atoms with Crippen LogP contribution in [0.25, 0.3) is 0 Å². The molecule has 0 spiro atoms. The van der Waals surface area contributed by atoms with E-state index >= 15 is 0 Å². The van der Waals surface area contributed by atoms with Crippen LogP contribution >= 0.6 is 0 Å². The van der Waals surface area contributed by atoms with Crippen LogP contribution in [-0.4, -0.2) is 37.1 Å². The van der Waals surface area contributed by atoms with Gasteiger partial charge >= 0.3 is 0 Å². The highest BCUT2D eigenvalue weighted by Crippen LogP contribution is 2.32. The molecule has 0 aromatic carbocycles. The van der Waals surface area contributed by atoms with E-state index in [0.29, 0.717) is 0 Å². The summed E-state index contributed by atoms with van der Waals surface area (Å²) in [6, 6.07) is 0.887. The molecule has 2 heteroatoms. The number of rotatable bonds is 6. The molecule has 0 bridgehead atoms. The topological polar surface area (TPSA) is 15.3 Å². The van der Waals surface area contributed by atoms with Gasteiger partial charge in [-0.25, -0.2) is 0 Å². The van der Waals surface area contributed by atoms with Crippen molar-refractivity contribution in [1.29, 1.82) is 0 Å². The zero-order chi connectivity index (χ0) is 13.1. The first-order chi connectivity index (χ1) is 9.33. The first-order valence-corrected chi connectivity index (χ1v) is 8.79. The molecule has 0 aromatic heterocycles. The Labute approximate surface area is 119 Å². The highest BCUT2D eigenvalue weighted by atomic mass is 15.2. The molecular formula is C17H32N2. The van der Waals surface area contributed by atoms with Gasteiger partial charge in [0.1, 0.15) is 0 Å². The van der Waals surface area contributed by atoms with Gasteiger partial charge in [0, 0.05) is 19.1 Å². The summed E-state index contributed by atoms with van der Waals surface area (Å²) in [6.07, 6.45) is 11.7. The molecule has 3 fully saturated rings. The van der Waals surface area contributed by atoms with Crippen molar-refractivity contribution in [3.63, 3.8) is 0 Å². The molecular weight excluding hydrogens is 232 g/mol. The zero-order valence-corrected chi connectivity index (χ0v) is 12.7. The van der Waals surface area contributed by atoms with Crippen LogP contribution in [0.1, 0.15) is 58.3 Å². The van der Waals surface area contributed by atoms with Gasteiger partial charge in [-0.15, -0.1) is 0 Å². The third-order valence-electron chi connectivity index (χ3n) is 5.70. The van der Waals surface area contributed by atoms with Crippen molar-refractivity contribution in [1.82, 2.24) is 10.2 Å². The van der Waals surface area contributed by atoms with Crippen molar-refractivity contribution in [3.05, 3.63) is 0 Å². The van der Waals surface area contributed by atoms with Crippen LogP contribution in [0.4, 0.5) is 0 Å². The Morgan fingerprint density at radius 2 is 1.63 bits per heavy atom. The number of nitrogens with zero attached hydrogens (tertiary/aromatic N) is 1. The summed E-state index contributed by atoms with van der Waals surface area (Å²) in [6.45, 7) is 7.78. The normalized spacial score (nSPS) is 36.8. The van der Waals surface area contributed by atoms with E-state index in [4.69, 9.17) is 0 Å². The fourth-order valence-corrected chi connectivity index (χ4v) is 4.05. The minimum Gasteiger partial charge on any atom is -0.314 e. The van der Waals surface area contributed by atoms with E-state index in [2.05, 4.69) is 17.1 Å². The number of likely N-dealkylation sites (tertiary alicyclic amines) is 1. The average molecular weight is 264 g/mol. The molecule has 110 valence electrons. The van der Waals surface area contributed by atoms with E-state index in [-0.39, 0.29) is 0 Å². The fourth-order valence-electron chi connectivity index (χ4n) is 4.05. The van der Waals surface area contributed by atoms with Crippen LogP contribution < -0.4 is 5.32 Å². The van der Waals surface area contributed by atoms with E-state index < -0.39 is 0 Å². The minimum atomic E-state index is 0.887. The van der Waals surface area contributed by atoms with Crippen LogP contribution in [-0.2, 0) is 0 Å². The molecule has 2 aliphatic carbocycles. The Balaban J connectivity index is 1.32. The first kappa shape index (κ1) is 13.9. The lowest BCUT2D eigenvalue weighted by molar-refractivity contribution is 0.197. The molecule has 1 atom stereocenters. The van der Waals surface area contributed by atoms with E-state index in [1.807, 2.05) is 0 Å². The summed E-state index contributed by atoms with van der Waals surface area (Å²) in [5.74, 6) is 3.00. The Hall–Kier alpha value is -0.0800. The Kier molecular flexibility index (Phi) is 4.81. The maximum atomic E-state index is 3.71. The van der Waals surface area contributed by atoms with Crippen LogP contribution in [0, 0.1) is 17.8 Å². The highest BCUT2D eigenvalue weighted by Gasteiger charge is 2.28. The SMILES string of the molecule is CCC1CCC(CN2CCC(CNC3CC3)C2)CC1. The summed E-state index contributed by atoms with van der Waals surface area (Å²) >= 11 is 0. The van der Waals surface area contributed by atoms with Crippen molar-refractivity contribution in [3.8, 4) is 0 Å². The van der Waals surface area contributed by atoms with Gasteiger partial charge in [0.25, 0.3) is 0 Å². The van der Waals surface area contributed by atoms with Crippen molar-refractivity contribution < 1.29 is 0 Å². The number of nitrogens with one attached hydrogen (secondary N) is 1. The maximum Gasteiger partial charge on any atom is 0.00683 e. The van der Waals surface area contributed by atoms with E-state index in [0.717, 1.165) is 23.8 Å². The van der Waals surface area contributed by atoms with Crippen molar-refractivity contribution in [2.75, 3.05) is 26.2 Å². The lowest BCUT2D eigenvalue weighted by Gasteiger charge is -2.30. The van der Waals surface area contributed by atoms with Crippen LogP contribution in [0.3, 0.4) is 0 Å². The predicted molar refractivity (Wildman–Crippen MR) is 81.3 cm³/mol. The molecule has 1 aliphatic heterocycles. The quantitative estimate of drug-likeness (QED) is 0.792. The Bertz CT molecular complexity index is 266. The minimum absolute atomic E-state index is 0.887. The molecule has 0 amide bonds. The summed E-state index contributed by atoms with van der Waals surface area (Å²) in [7, 11) is 0. The molecule has 3 rings (SSSR count). The summed E-state index contributed by atoms with van der Waals surface area (Å²) in [4.78, 5) is 2.76. The van der Waals surface area contributed by atoms with E-state index in [1.54, 1.807) is 0 Å². The Morgan fingerprint density at radius 3 is 2.32 bits per heavy atom. The third-order valence-corrected chi connectivity index (χ3v) is 5.70. The van der Waals surface area contributed by atoms with Crippen LogP contribution in [0.5, 0.6) is 0 Å². The lowest BCUT2D eigenvalue weighted by atomic mass is 9.81. The molecule has 2 nitrogen and oxygen atoms in total. The number of hydrogen-bond acceptors (Lipinski definition) is 2. The second-order valence-electron chi connectivity index (χ2n) is 7.39. The third kappa shape index (κ3) is 4.19. The van der Waals surface area contributed by atoms with Gasteiger partial charge in [0.2, 0.25) is 0 Å². The van der Waals surface area contributed by atoms with Gasteiger partial charge in [0.05, 0.1) is 0 Å². The largest absolute Gasteiger partial charge is 0.314 e. The summed E-state index contributed by atoms with van der Waals surface area (Å²) < 4.78 is 0. The van der Waals surface area contributed by atoms with E-state index in [1.165, 1.54) is 77.5 Å². The fraction of sp³-hybridized carbons (Fsp3) is 1.00. The molecule has 0 radical (unpaired) electrons. The number of hydrogen-bond donors (Lipinski definition) is 1. The van der Waals surface area contributed by atoms with Gasteiger partial charge < -0.3 is 10.2 Å². The zero-order valence-electron chi connectivity index (χ0n) is 12.7. The molecule has 1 N–H and O–H groups in total. The first-order valence-electron chi connectivity index (χ1n) is 8.79. The van der Waals surface area contributed by atoms with Gasteiger partial charge in [-0.3, -0.25) is 0 Å². The molecule has 1 saturated heterocycles. The molecule has 1 heterocycles. The molecule has 3 aliphatic rings.